The van der Waals surface area contributed by atoms with Crippen LogP contribution in [0.25, 0.3) is 0 Å². The molecule has 138 valence electrons. The number of hydrogen-bond acceptors (Lipinski definition) is 4. The number of aromatic amines is 1. The number of nitrogens with zero attached hydrogens (tertiary/aromatic N) is 1. The number of hydrogen-bond donors (Lipinski definition) is 2. The molecule has 27 heavy (non-hydrogen) atoms. The van der Waals surface area contributed by atoms with Gasteiger partial charge in [-0.3, -0.25) is 19.1 Å². The van der Waals surface area contributed by atoms with Crippen LogP contribution in [-0.2, 0) is 11.3 Å². The number of amides is 1. The van der Waals surface area contributed by atoms with E-state index in [0.717, 1.165) is 10.1 Å². The van der Waals surface area contributed by atoms with Crippen LogP contribution < -0.4 is 21.3 Å². The first kappa shape index (κ1) is 18.5. The standard InChI is InChI=1S/C19H16ClN3O4/c1-12-2-5-14(6-3-12)27-16-7-4-13(20)10-15(16)21-18(25)11-23-9-8-17(24)22-19(23)26/h2-10H,11H2,1H3,(H,21,25)(H,22,24,26). The summed E-state index contributed by atoms with van der Waals surface area (Å²) in [5.74, 6) is 0.542. The third kappa shape index (κ3) is 4.86. The maximum Gasteiger partial charge on any atom is 0.328 e. The Labute approximate surface area is 159 Å². The van der Waals surface area contributed by atoms with Crippen molar-refractivity contribution in [2.24, 2.45) is 0 Å². The number of carbonyl (C=O) groups is 1. The Hall–Kier alpha value is -3.32. The van der Waals surface area contributed by atoms with E-state index in [1.54, 1.807) is 18.2 Å². The summed E-state index contributed by atoms with van der Waals surface area (Å²) in [5, 5.41) is 3.09. The van der Waals surface area contributed by atoms with Crippen LogP contribution in [0.3, 0.4) is 0 Å². The molecule has 0 bridgehead atoms. The smallest absolute Gasteiger partial charge is 0.328 e. The molecule has 2 N–H and O–H groups in total. The lowest BCUT2D eigenvalue weighted by molar-refractivity contribution is -0.116. The first-order valence-corrected chi connectivity index (χ1v) is 8.42. The van der Waals surface area contributed by atoms with Crippen LogP contribution in [-0.4, -0.2) is 15.5 Å². The third-order valence-electron chi connectivity index (χ3n) is 3.68. The number of H-pyrrole nitrogens is 1. The van der Waals surface area contributed by atoms with Crippen molar-refractivity contribution in [2.75, 3.05) is 5.32 Å². The van der Waals surface area contributed by atoms with Gasteiger partial charge in [-0.05, 0) is 37.3 Å². The lowest BCUT2D eigenvalue weighted by atomic mass is 10.2. The molecule has 0 aliphatic carbocycles. The predicted octanol–water partition coefficient (Wildman–Crippen LogP) is 2.93. The van der Waals surface area contributed by atoms with E-state index in [4.69, 9.17) is 16.3 Å². The number of aryl methyl sites for hydroxylation is 1. The third-order valence-corrected chi connectivity index (χ3v) is 3.91. The van der Waals surface area contributed by atoms with Crippen LogP contribution in [0.5, 0.6) is 11.5 Å². The molecule has 8 heteroatoms. The first-order valence-electron chi connectivity index (χ1n) is 8.04. The summed E-state index contributed by atoms with van der Waals surface area (Å²) in [6, 6.07) is 13.5. The molecule has 0 unspecified atom stereocenters. The van der Waals surface area contributed by atoms with Gasteiger partial charge < -0.3 is 10.1 Å². The van der Waals surface area contributed by atoms with Gasteiger partial charge in [-0.1, -0.05) is 29.3 Å². The van der Waals surface area contributed by atoms with E-state index in [-0.39, 0.29) is 6.54 Å². The van der Waals surface area contributed by atoms with Crippen molar-refractivity contribution in [1.29, 1.82) is 0 Å². The number of nitrogens with one attached hydrogen (secondary N) is 2. The van der Waals surface area contributed by atoms with Gasteiger partial charge in [0, 0.05) is 17.3 Å². The maximum atomic E-state index is 12.3. The van der Waals surface area contributed by atoms with E-state index in [9.17, 15) is 14.4 Å². The zero-order valence-electron chi connectivity index (χ0n) is 14.4. The molecule has 0 aliphatic heterocycles. The molecule has 7 nitrogen and oxygen atoms in total. The minimum atomic E-state index is -0.667. The number of anilines is 1. The summed E-state index contributed by atoms with van der Waals surface area (Å²) in [5.41, 5.74) is 0.268. The van der Waals surface area contributed by atoms with Gasteiger partial charge in [0.15, 0.2) is 5.75 Å². The SMILES string of the molecule is Cc1ccc(Oc2ccc(Cl)cc2NC(=O)Cn2ccc(=O)[nH]c2=O)cc1. The molecular formula is C19H16ClN3O4. The van der Waals surface area contributed by atoms with Crippen molar-refractivity contribution >= 4 is 23.2 Å². The van der Waals surface area contributed by atoms with Gasteiger partial charge in [-0.15, -0.1) is 0 Å². The highest BCUT2D eigenvalue weighted by atomic mass is 35.5. The normalized spacial score (nSPS) is 10.4. The van der Waals surface area contributed by atoms with Gasteiger partial charge >= 0.3 is 5.69 Å². The fourth-order valence-electron chi connectivity index (χ4n) is 2.34. The van der Waals surface area contributed by atoms with E-state index in [2.05, 4.69) is 10.3 Å². The molecule has 3 aromatic rings. The lowest BCUT2D eigenvalue weighted by Crippen LogP contribution is -2.32. The van der Waals surface area contributed by atoms with Crippen LogP contribution in [0.1, 0.15) is 5.56 Å². The highest BCUT2D eigenvalue weighted by Crippen LogP contribution is 2.32. The fourth-order valence-corrected chi connectivity index (χ4v) is 2.51. The predicted molar refractivity (Wildman–Crippen MR) is 103 cm³/mol. The number of rotatable bonds is 5. The van der Waals surface area contributed by atoms with Crippen LogP contribution in [0.4, 0.5) is 5.69 Å². The average molecular weight is 386 g/mol. The molecule has 0 aliphatic rings. The van der Waals surface area contributed by atoms with Crippen LogP contribution in [0.2, 0.25) is 5.02 Å². The van der Waals surface area contributed by atoms with E-state index >= 15 is 0 Å². The quantitative estimate of drug-likeness (QED) is 0.706. The summed E-state index contributed by atoms with van der Waals surface area (Å²) >= 11 is 6.03. The molecule has 0 radical (unpaired) electrons. The van der Waals surface area contributed by atoms with Crippen molar-refractivity contribution in [2.45, 2.75) is 13.5 Å². The minimum absolute atomic E-state index is 0.272. The molecule has 0 atom stereocenters. The molecule has 2 aromatic carbocycles. The monoisotopic (exact) mass is 385 g/mol. The average Bonchev–Trinajstić information content (AvgIpc) is 2.61. The molecular weight excluding hydrogens is 370 g/mol. The molecule has 0 spiro atoms. The number of ether oxygens (including phenoxy) is 1. The van der Waals surface area contributed by atoms with Gasteiger partial charge in [-0.2, -0.15) is 0 Å². The second kappa shape index (κ2) is 7.92. The highest BCUT2D eigenvalue weighted by molar-refractivity contribution is 6.31. The van der Waals surface area contributed by atoms with Gasteiger partial charge in [-0.25, -0.2) is 4.79 Å². The van der Waals surface area contributed by atoms with Crippen molar-refractivity contribution in [1.82, 2.24) is 9.55 Å². The van der Waals surface area contributed by atoms with Crippen molar-refractivity contribution in [3.05, 3.63) is 86.2 Å². The van der Waals surface area contributed by atoms with Crippen LogP contribution >= 0.6 is 11.6 Å². The Morgan fingerprint density at radius 2 is 1.89 bits per heavy atom. The summed E-state index contributed by atoms with van der Waals surface area (Å²) in [7, 11) is 0. The highest BCUT2D eigenvalue weighted by Gasteiger charge is 2.11. The summed E-state index contributed by atoms with van der Waals surface area (Å²) in [6.45, 7) is 1.70. The zero-order valence-corrected chi connectivity index (χ0v) is 15.1. The fraction of sp³-hybridized carbons (Fsp3) is 0.105. The molecule has 0 fully saturated rings. The van der Waals surface area contributed by atoms with Crippen LogP contribution in [0, 0.1) is 6.92 Å². The number of halogens is 1. The second-order valence-corrected chi connectivity index (χ2v) is 6.28. The summed E-state index contributed by atoms with van der Waals surface area (Å²) < 4.78 is 6.91. The largest absolute Gasteiger partial charge is 0.455 e. The van der Waals surface area contributed by atoms with Gasteiger partial charge in [0.2, 0.25) is 5.91 Å². The van der Waals surface area contributed by atoms with Crippen molar-refractivity contribution < 1.29 is 9.53 Å². The zero-order chi connectivity index (χ0) is 19.4. The maximum absolute atomic E-state index is 12.3. The van der Waals surface area contributed by atoms with Crippen molar-refractivity contribution in [3.63, 3.8) is 0 Å². The van der Waals surface area contributed by atoms with E-state index in [0.29, 0.717) is 22.2 Å². The Kier molecular flexibility index (Phi) is 5.42. The Morgan fingerprint density at radius 1 is 1.15 bits per heavy atom. The molecule has 1 aromatic heterocycles. The van der Waals surface area contributed by atoms with E-state index < -0.39 is 17.2 Å². The lowest BCUT2D eigenvalue weighted by Gasteiger charge is -2.13. The van der Waals surface area contributed by atoms with E-state index in [1.807, 2.05) is 31.2 Å². The number of carbonyl (C=O) groups excluding carboxylic acids is 1. The van der Waals surface area contributed by atoms with Gasteiger partial charge in [0.05, 0.1) is 5.69 Å². The molecule has 3 rings (SSSR count). The first-order chi connectivity index (χ1) is 12.9. The van der Waals surface area contributed by atoms with Crippen LogP contribution in [0.15, 0.2) is 64.3 Å². The molecule has 1 heterocycles. The summed E-state index contributed by atoms with van der Waals surface area (Å²) in [6.07, 6.45) is 1.25. The molecule has 1 amide bonds. The topological polar surface area (TPSA) is 93.2 Å². The minimum Gasteiger partial charge on any atom is -0.455 e. The van der Waals surface area contributed by atoms with Gasteiger partial charge in [0.25, 0.3) is 5.56 Å². The molecule has 0 saturated carbocycles. The Bertz CT molecular complexity index is 1090. The Balaban J connectivity index is 1.79. The Morgan fingerprint density at radius 3 is 2.59 bits per heavy atom. The number of benzene rings is 2. The second-order valence-electron chi connectivity index (χ2n) is 5.84. The number of aromatic nitrogens is 2. The van der Waals surface area contributed by atoms with Crippen molar-refractivity contribution in [3.8, 4) is 11.5 Å². The van der Waals surface area contributed by atoms with E-state index in [1.165, 1.54) is 12.3 Å². The molecule has 0 saturated heterocycles. The van der Waals surface area contributed by atoms with Gasteiger partial charge in [0.1, 0.15) is 12.3 Å². The summed E-state index contributed by atoms with van der Waals surface area (Å²) in [4.78, 5) is 37.2.